The molecule has 0 bridgehead atoms. The Labute approximate surface area is 160 Å². The molecule has 130 valence electrons. The van der Waals surface area contributed by atoms with Gasteiger partial charge in [-0.1, -0.05) is 41.9 Å². The van der Waals surface area contributed by atoms with Crippen LogP contribution in [0.2, 0.25) is 0 Å². The van der Waals surface area contributed by atoms with Crippen molar-refractivity contribution < 1.29 is 0 Å². The highest BCUT2D eigenvalue weighted by molar-refractivity contribution is 9.10. The Bertz CT molecular complexity index is 814. The summed E-state index contributed by atoms with van der Waals surface area (Å²) in [7, 11) is 0. The van der Waals surface area contributed by atoms with Crippen molar-refractivity contribution in [3.8, 4) is 10.4 Å². The fraction of sp³-hybridized carbons (Fsp3) is 0.263. The van der Waals surface area contributed by atoms with E-state index in [4.69, 9.17) is 0 Å². The van der Waals surface area contributed by atoms with E-state index in [2.05, 4.69) is 86.8 Å². The third-order valence-electron chi connectivity index (χ3n) is 3.56. The number of aromatic nitrogens is 2. The monoisotopic (exact) mass is 416 g/mol. The summed E-state index contributed by atoms with van der Waals surface area (Å²) in [6, 6.07) is 14.6. The Morgan fingerprint density at radius 1 is 1.04 bits per heavy atom. The summed E-state index contributed by atoms with van der Waals surface area (Å²) in [6.07, 6.45) is 1.78. The smallest absolute Gasteiger partial charge is 0.224 e. The Morgan fingerprint density at radius 3 is 2.60 bits per heavy atom. The molecule has 0 saturated heterocycles. The first-order chi connectivity index (χ1) is 12.1. The van der Waals surface area contributed by atoms with Crippen LogP contribution in [0.1, 0.15) is 18.7 Å². The molecule has 3 aromatic rings. The molecule has 2 aromatic heterocycles. The second kappa shape index (κ2) is 8.45. The number of benzene rings is 1. The minimum atomic E-state index is 0.559. The van der Waals surface area contributed by atoms with Gasteiger partial charge in [0, 0.05) is 27.0 Å². The van der Waals surface area contributed by atoms with Gasteiger partial charge in [-0.15, -0.1) is 11.3 Å². The quantitative estimate of drug-likeness (QED) is 0.522. The van der Waals surface area contributed by atoms with Crippen LogP contribution in [0.3, 0.4) is 0 Å². The van der Waals surface area contributed by atoms with E-state index in [0.717, 1.165) is 23.4 Å². The number of hydrogen-bond donors (Lipinski definition) is 2. The molecule has 0 aliphatic carbocycles. The molecule has 1 aromatic carbocycles. The first kappa shape index (κ1) is 17.9. The third-order valence-corrected chi connectivity index (χ3v) is 5.22. The van der Waals surface area contributed by atoms with E-state index in [0.29, 0.717) is 11.9 Å². The topological polar surface area (TPSA) is 49.8 Å². The second-order valence-electron chi connectivity index (χ2n) is 6.17. The van der Waals surface area contributed by atoms with Gasteiger partial charge in [0.05, 0.1) is 6.54 Å². The first-order valence-electron chi connectivity index (χ1n) is 8.25. The van der Waals surface area contributed by atoms with E-state index >= 15 is 0 Å². The van der Waals surface area contributed by atoms with Crippen LogP contribution in [-0.2, 0) is 6.54 Å². The number of halogens is 1. The summed E-state index contributed by atoms with van der Waals surface area (Å²) in [5, 5.41) is 6.62. The number of hydrogen-bond acceptors (Lipinski definition) is 5. The van der Waals surface area contributed by atoms with Gasteiger partial charge in [0.1, 0.15) is 5.82 Å². The molecule has 0 aliphatic rings. The third kappa shape index (κ3) is 5.28. The summed E-state index contributed by atoms with van der Waals surface area (Å²) in [6.45, 7) is 5.94. The number of nitrogens with zero attached hydrogens (tertiary/aromatic N) is 2. The van der Waals surface area contributed by atoms with Crippen LogP contribution in [0, 0.1) is 5.92 Å². The van der Waals surface area contributed by atoms with Crippen LogP contribution in [0.4, 0.5) is 11.8 Å². The minimum Gasteiger partial charge on any atom is -0.365 e. The van der Waals surface area contributed by atoms with Crippen LogP contribution in [-0.4, -0.2) is 16.5 Å². The zero-order valence-electron chi connectivity index (χ0n) is 14.3. The zero-order chi connectivity index (χ0) is 17.6. The van der Waals surface area contributed by atoms with Crippen molar-refractivity contribution >= 4 is 39.0 Å². The molecule has 0 atom stereocenters. The Kier molecular flexibility index (Phi) is 6.04. The molecule has 0 radical (unpaired) electrons. The van der Waals surface area contributed by atoms with Gasteiger partial charge in [0.15, 0.2) is 0 Å². The van der Waals surface area contributed by atoms with Gasteiger partial charge in [0.25, 0.3) is 0 Å². The van der Waals surface area contributed by atoms with E-state index in [1.54, 1.807) is 17.5 Å². The maximum atomic E-state index is 4.50. The Balaban J connectivity index is 1.60. The summed E-state index contributed by atoms with van der Waals surface area (Å²) < 4.78 is 1.10. The lowest BCUT2D eigenvalue weighted by Crippen LogP contribution is -2.11. The van der Waals surface area contributed by atoms with Gasteiger partial charge in [-0.3, -0.25) is 0 Å². The molecule has 6 heteroatoms. The summed E-state index contributed by atoms with van der Waals surface area (Å²) >= 11 is 5.27. The molecule has 0 fully saturated rings. The van der Waals surface area contributed by atoms with Gasteiger partial charge in [-0.05, 0) is 41.8 Å². The molecule has 3 rings (SSSR count). The number of anilines is 2. The predicted octanol–water partition coefficient (Wildman–Crippen LogP) is 5.65. The molecule has 0 amide bonds. The van der Waals surface area contributed by atoms with Crippen LogP contribution in [0.15, 0.2) is 53.1 Å². The van der Waals surface area contributed by atoms with E-state index in [9.17, 15) is 0 Å². The number of nitrogens with one attached hydrogen (secondary N) is 2. The normalized spacial score (nSPS) is 10.9. The standard InChI is InChI=1S/C19H21BrN4S/c1-13(2)11-23-19-21-10-9-18(24-19)22-12-16-7-8-17(25-16)14-3-5-15(20)6-4-14/h3-10,13H,11-12H2,1-2H3,(H2,21,22,23,24). The minimum absolute atomic E-state index is 0.559. The molecule has 2 heterocycles. The van der Waals surface area contributed by atoms with Gasteiger partial charge < -0.3 is 10.6 Å². The Morgan fingerprint density at radius 2 is 1.84 bits per heavy atom. The van der Waals surface area contributed by atoms with Crippen LogP contribution in [0.25, 0.3) is 10.4 Å². The molecule has 0 saturated carbocycles. The molecule has 0 spiro atoms. The highest BCUT2D eigenvalue weighted by atomic mass is 79.9. The lowest BCUT2D eigenvalue weighted by molar-refractivity contribution is 0.684. The van der Waals surface area contributed by atoms with E-state index in [-0.39, 0.29) is 0 Å². The molecule has 2 N–H and O–H groups in total. The number of rotatable bonds is 7. The zero-order valence-corrected chi connectivity index (χ0v) is 16.7. The summed E-state index contributed by atoms with van der Waals surface area (Å²) in [5.74, 6) is 2.06. The fourth-order valence-corrected chi connectivity index (χ4v) is 3.47. The van der Waals surface area contributed by atoms with Crippen molar-refractivity contribution in [1.82, 2.24) is 9.97 Å². The van der Waals surface area contributed by atoms with Crippen LogP contribution >= 0.6 is 27.3 Å². The predicted molar refractivity (Wildman–Crippen MR) is 110 cm³/mol. The van der Waals surface area contributed by atoms with Crippen molar-refractivity contribution in [3.63, 3.8) is 0 Å². The molecular formula is C19H21BrN4S. The highest BCUT2D eigenvalue weighted by Gasteiger charge is 2.04. The van der Waals surface area contributed by atoms with Crippen molar-refractivity contribution in [2.24, 2.45) is 5.92 Å². The largest absolute Gasteiger partial charge is 0.365 e. The van der Waals surface area contributed by atoms with Gasteiger partial charge >= 0.3 is 0 Å². The van der Waals surface area contributed by atoms with Crippen molar-refractivity contribution in [1.29, 1.82) is 0 Å². The SMILES string of the molecule is CC(C)CNc1nccc(NCc2ccc(-c3ccc(Br)cc3)s2)n1. The molecule has 25 heavy (non-hydrogen) atoms. The van der Waals surface area contributed by atoms with Crippen molar-refractivity contribution in [2.75, 3.05) is 17.2 Å². The summed E-state index contributed by atoms with van der Waals surface area (Å²) in [4.78, 5) is 11.3. The first-order valence-corrected chi connectivity index (χ1v) is 9.86. The van der Waals surface area contributed by atoms with Crippen molar-refractivity contribution in [2.45, 2.75) is 20.4 Å². The maximum Gasteiger partial charge on any atom is 0.224 e. The summed E-state index contributed by atoms with van der Waals surface area (Å²) in [5.41, 5.74) is 1.24. The van der Waals surface area contributed by atoms with Crippen LogP contribution < -0.4 is 10.6 Å². The average molecular weight is 417 g/mol. The van der Waals surface area contributed by atoms with Crippen LogP contribution in [0.5, 0.6) is 0 Å². The molecule has 4 nitrogen and oxygen atoms in total. The lowest BCUT2D eigenvalue weighted by Gasteiger charge is -2.09. The van der Waals surface area contributed by atoms with Gasteiger partial charge in [-0.25, -0.2) is 4.98 Å². The molecular weight excluding hydrogens is 396 g/mol. The molecule has 0 unspecified atom stereocenters. The van der Waals surface area contributed by atoms with E-state index in [1.165, 1.54) is 15.3 Å². The lowest BCUT2D eigenvalue weighted by atomic mass is 10.2. The van der Waals surface area contributed by atoms with E-state index in [1.807, 2.05) is 6.07 Å². The van der Waals surface area contributed by atoms with Gasteiger partial charge in [0.2, 0.25) is 5.95 Å². The Hall–Kier alpha value is -1.92. The van der Waals surface area contributed by atoms with E-state index < -0.39 is 0 Å². The van der Waals surface area contributed by atoms with Gasteiger partial charge in [-0.2, -0.15) is 4.98 Å². The second-order valence-corrected chi connectivity index (χ2v) is 8.25. The van der Waals surface area contributed by atoms with Crippen molar-refractivity contribution in [3.05, 3.63) is 58.0 Å². The average Bonchev–Trinajstić information content (AvgIpc) is 3.08. The number of thiophene rings is 1. The maximum absolute atomic E-state index is 4.50. The highest BCUT2D eigenvalue weighted by Crippen LogP contribution is 2.29. The fourth-order valence-electron chi connectivity index (χ4n) is 2.26. The molecule has 0 aliphatic heterocycles.